The predicted octanol–water partition coefficient (Wildman–Crippen LogP) is 3.15. The minimum absolute atomic E-state index is 0.202. The third kappa shape index (κ3) is 5.35. The summed E-state index contributed by atoms with van der Waals surface area (Å²) in [6.07, 6.45) is 0. The van der Waals surface area contributed by atoms with Crippen LogP contribution >= 0.6 is 0 Å². The third-order valence-electron chi connectivity index (χ3n) is 3.51. The molecule has 0 atom stereocenters. The van der Waals surface area contributed by atoms with Crippen LogP contribution in [0.1, 0.15) is 47.1 Å². The van der Waals surface area contributed by atoms with E-state index in [9.17, 15) is 9.59 Å². The quantitative estimate of drug-likeness (QED) is 0.878. The molecule has 0 saturated carbocycles. The van der Waals surface area contributed by atoms with Gasteiger partial charge in [-0.1, -0.05) is 24.3 Å². The molecule has 2 aromatic rings. The van der Waals surface area contributed by atoms with E-state index in [1.807, 2.05) is 45.0 Å². The van der Waals surface area contributed by atoms with Crippen LogP contribution in [0.2, 0.25) is 0 Å². The van der Waals surface area contributed by atoms with E-state index in [4.69, 9.17) is 4.74 Å². The van der Waals surface area contributed by atoms with Crippen molar-refractivity contribution in [3.8, 4) is 5.75 Å². The Balaban J connectivity index is 2.07. The molecule has 2 N–H and O–H groups in total. The molecule has 0 fully saturated rings. The lowest BCUT2D eigenvalue weighted by molar-refractivity contribution is 0.0919. The maximum atomic E-state index is 12.4. The molecule has 2 amide bonds. The van der Waals surface area contributed by atoms with Gasteiger partial charge >= 0.3 is 0 Å². The first kappa shape index (κ1) is 18.5. The predicted molar refractivity (Wildman–Crippen MR) is 97.8 cm³/mol. The summed E-state index contributed by atoms with van der Waals surface area (Å²) in [6.45, 7) is 6.08. The van der Waals surface area contributed by atoms with Gasteiger partial charge in [0.2, 0.25) is 0 Å². The average Bonchev–Trinajstić information content (AvgIpc) is 2.58. The Bertz CT molecular complexity index is 764. The lowest BCUT2D eigenvalue weighted by atomic mass is 10.1. The van der Waals surface area contributed by atoms with Crippen molar-refractivity contribution < 1.29 is 14.3 Å². The van der Waals surface area contributed by atoms with Crippen LogP contribution in [0.3, 0.4) is 0 Å². The van der Waals surface area contributed by atoms with Crippen LogP contribution in [0.25, 0.3) is 0 Å². The molecule has 25 heavy (non-hydrogen) atoms. The molecule has 0 aliphatic carbocycles. The van der Waals surface area contributed by atoms with Gasteiger partial charge in [-0.15, -0.1) is 0 Å². The van der Waals surface area contributed by atoms with E-state index in [0.717, 1.165) is 11.3 Å². The van der Waals surface area contributed by atoms with Crippen molar-refractivity contribution in [2.45, 2.75) is 32.9 Å². The molecule has 132 valence electrons. The molecule has 0 saturated heterocycles. The maximum absolute atomic E-state index is 12.4. The summed E-state index contributed by atoms with van der Waals surface area (Å²) in [7, 11) is 1.60. The van der Waals surface area contributed by atoms with E-state index >= 15 is 0 Å². The fraction of sp³-hybridized carbons (Fsp3) is 0.300. The monoisotopic (exact) mass is 340 g/mol. The van der Waals surface area contributed by atoms with Gasteiger partial charge in [0.1, 0.15) is 5.75 Å². The Labute approximate surface area is 148 Å². The number of ether oxygens (including phenoxy) is 1. The zero-order valence-corrected chi connectivity index (χ0v) is 15.1. The first-order valence-corrected chi connectivity index (χ1v) is 8.13. The first-order valence-electron chi connectivity index (χ1n) is 8.13. The third-order valence-corrected chi connectivity index (χ3v) is 3.51. The van der Waals surface area contributed by atoms with Crippen LogP contribution in [-0.2, 0) is 6.54 Å². The molecule has 2 aromatic carbocycles. The highest BCUT2D eigenvalue weighted by Gasteiger charge is 2.16. The number of benzene rings is 2. The normalized spacial score (nSPS) is 10.9. The molecular weight excluding hydrogens is 316 g/mol. The summed E-state index contributed by atoms with van der Waals surface area (Å²) in [5, 5.41) is 5.74. The van der Waals surface area contributed by atoms with E-state index in [1.165, 1.54) is 0 Å². The molecule has 0 aliphatic rings. The largest absolute Gasteiger partial charge is 0.496 e. The number of carbonyl (C=O) groups is 2. The van der Waals surface area contributed by atoms with Gasteiger partial charge in [0.15, 0.2) is 0 Å². The number of carbonyl (C=O) groups excluding carboxylic acids is 2. The van der Waals surface area contributed by atoms with Gasteiger partial charge in [0.05, 0.1) is 7.11 Å². The van der Waals surface area contributed by atoms with Crippen molar-refractivity contribution in [2.75, 3.05) is 7.11 Å². The number of hydrogen-bond donors (Lipinski definition) is 2. The molecule has 0 unspecified atom stereocenters. The van der Waals surface area contributed by atoms with Crippen LogP contribution in [0, 0.1) is 0 Å². The zero-order chi connectivity index (χ0) is 18.4. The van der Waals surface area contributed by atoms with Crippen molar-refractivity contribution in [3.63, 3.8) is 0 Å². The second-order valence-corrected chi connectivity index (χ2v) is 6.78. The summed E-state index contributed by atoms with van der Waals surface area (Å²) in [5.74, 6) is 0.282. The molecule has 0 spiro atoms. The smallest absolute Gasteiger partial charge is 0.251 e. The summed E-state index contributed by atoms with van der Waals surface area (Å²) in [6, 6.07) is 14.2. The van der Waals surface area contributed by atoms with E-state index in [2.05, 4.69) is 10.6 Å². The molecule has 2 rings (SSSR count). The van der Waals surface area contributed by atoms with E-state index in [-0.39, 0.29) is 17.4 Å². The summed E-state index contributed by atoms with van der Waals surface area (Å²) >= 11 is 0. The van der Waals surface area contributed by atoms with Gasteiger partial charge in [-0.05, 0) is 45.0 Å². The average molecular weight is 340 g/mol. The van der Waals surface area contributed by atoms with Crippen LogP contribution < -0.4 is 15.4 Å². The summed E-state index contributed by atoms with van der Waals surface area (Å²) in [5.41, 5.74) is 1.45. The molecule has 5 heteroatoms. The molecule has 0 aromatic heterocycles. The van der Waals surface area contributed by atoms with Gasteiger partial charge in [0.25, 0.3) is 11.8 Å². The second-order valence-electron chi connectivity index (χ2n) is 6.78. The van der Waals surface area contributed by atoms with Crippen LogP contribution in [0.4, 0.5) is 0 Å². The maximum Gasteiger partial charge on any atom is 0.251 e. The van der Waals surface area contributed by atoms with Crippen molar-refractivity contribution in [2.24, 2.45) is 0 Å². The Kier molecular flexibility index (Phi) is 5.80. The first-order chi connectivity index (χ1) is 11.8. The standard InChI is InChI=1S/C20H24N2O3/c1-20(2,3)22-19(24)15-10-7-9-14(12-15)18(23)21-13-16-8-5-6-11-17(16)25-4/h5-12H,13H2,1-4H3,(H,21,23)(H,22,24). The van der Waals surface area contributed by atoms with Gasteiger partial charge in [0, 0.05) is 28.8 Å². The fourth-order valence-electron chi connectivity index (χ4n) is 2.34. The van der Waals surface area contributed by atoms with Gasteiger partial charge in [-0.2, -0.15) is 0 Å². The Morgan fingerprint density at radius 1 is 0.960 bits per heavy atom. The number of hydrogen-bond acceptors (Lipinski definition) is 3. The summed E-state index contributed by atoms with van der Waals surface area (Å²) in [4.78, 5) is 24.6. The summed E-state index contributed by atoms with van der Waals surface area (Å²) < 4.78 is 5.28. The SMILES string of the molecule is COc1ccccc1CNC(=O)c1cccc(C(=O)NC(C)(C)C)c1. The number of amides is 2. The van der Waals surface area contributed by atoms with Gasteiger partial charge < -0.3 is 15.4 Å². The highest BCUT2D eigenvalue weighted by atomic mass is 16.5. The molecular formula is C20H24N2O3. The minimum Gasteiger partial charge on any atom is -0.496 e. The Morgan fingerprint density at radius 3 is 2.24 bits per heavy atom. The lowest BCUT2D eigenvalue weighted by Crippen LogP contribution is -2.40. The molecule has 5 nitrogen and oxygen atoms in total. The van der Waals surface area contributed by atoms with Crippen LogP contribution in [-0.4, -0.2) is 24.5 Å². The van der Waals surface area contributed by atoms with Crippen LogP contribution in [0.5, 0.6) is 5.75 Å². The topological polar surface area (TPSA) is 67.4 Å². The van der Waals surface area contributed by atoms with Crippen molar-refractivity contribution in [1.29, 1.82) is 0 Å². The van der Waals surface area contributed by atoms with Gasteiger partial charge in [-0.3, -0.25) is 9.59 Å². The second kappa shape index (κ2) is 7.83. The van der Waals surface area contributed by atoms with Crippen molar-refractivity contribution in [1.82, 2.24) is 10.6 Å². The Morgan fingerprint density at radius 2 is 1.60 bits per heavy atom. The number of methoxy groups -OCH3 is 1. The van der Waals surface area contributed by atoms with Crippen LogP contribution in [0.15, 0.2) is 48.5 Å². The highest BCUT2D eigenvalue weighted by Crippen LogP contribution is 2.17. The Hall–Kier alpha value is -2.82. The highest BCUT2D eigenvalue weighted by molar-refractivity contribution is 5.99. The molecule has 0 radical (unpaired) electrons. The molecule has 0 heterocycles. The minimum atomic E-state index is -0.334. The van der Waals surface area contributed by atoms with Gasteiger partial charge in [-0.25, -0.2) is 0 Å². The number of nitrogens with one attached hydrogen (secondary N) is 2. The molecule has 0 aliphatic heterocycles. The molecule has 0 bridgehead atoms. The van der Waals surface area contributed by atoms with Crippen molar-refractivity contribution >= 4 is 11.8 Å². The zero-order valence-electron chi connectivity index (χ0n) is 15.1. The van der Waals surface area contributed by atoms with E-state index in [0.29, 0.717) is 17.7 Å². The van der Waals surface area contributed by atoms with Crippen molar-refractivity contribution in [3.05, 3.63) is 65.2 Å². The van der Waals surface area contributed by atoms with E-state index in [1.54, 1.807) is 31.4 Å². The number of para-hydroxylation sites is 1. The van der Waals surface area contributed by atoms with E-state index < -0.39 is 0 Å². The fourth-order valence-corrected chi connectivity index (χ4v) is 2.34. The lowest BCUT2D eigenvalue weighted by Gasteiger charge is -2.20. The number of rotatable bonds is 5.